The van der Waals surface area contributed by atoms with Crippen LogP contribution in [0.3, 0.4) is 0 Å². The van der Waals surface area contributed by atoms with Crippen molar-refractivity contribution < 1.29 is 8.94 Å². The molecule has 0 bridgehead atoms. The zero-order valence-corrected chi connectivity index (χ0v) is 12.5. The normalized spacial score (nSPS) is 12.8. The lowest BCUT2D eigenvalue weighted by molar-refractivity contribution is 0.603. The van der Waals surface area contributed by atoms with Crippen LogP contribution in [-0.4, -0.2) is 4.55 Å². The van der Waals surface area contributed by atoms with Gasteiger partial charge in [0.2, 0.25) is 0 Å². The molecule has 0 aliphatic carbocycles. The zero-order valence-electron chi connectivity index (χ0n) is 10.1. The number of hydrogen-bond acceptors (Lipinski definition) is 1. The minimum absolute atomic E-state index is 0.270. The van der Waals surface area contributed by atoms with E-state index in [0.29, 0.717) is 5.75 Å². The van der Waals surface area contributed by atoms with Gasteiger partial charge >= 0.3 is 0 Å². The Labute approximate surface area is 123 Å². The van der Waals surface area contributed by atoms with Gasteiger partial charge in [-0.2, -0.15) is 0 Å². The minimum atomic E-state index is -1.07. The SMILES string of the molecule is [O-][S+](/C=C/c1ccc(F)cc1)Cc1ccc(Br)cc1. The second-order valence-electron chi connectivity index (χ2n) is 4.01. The molecule has 1 atom stereocenters. The van der Waals surface area contributed by atoms with E-state index in [1.807, 2.05) is 24.3 Å². The maximum Gasteiger partial charge on any atom is 0.135 e. The second-order valence-corrected chi connectivity index (χ2v) is 6.24. The zero-order chi connectivity index (χ0) is 13.7. The van der Waals surface area contributed by atoms with E-state index in [9.17, 15) is 8.94 Å². The first-order valence-electron chi connectivity index (χ1n) is 5.69. The van der Waals surface area contributed by atoms with E-state index in [1.54, 1.807) is 23.6 Å². The van der Waals surface area contributed by atoms with Gasteiger partial charge < -0.3 is 4.55 Å². The van der Waals surface area contributed by atoms with Crippen LogP contribution in [0.2, 0.25) is 0 Å². The number of hydrogen-bond donors (Lipinski definition) is 0. The Morgan fingerprint density at radius 2 is 1.68 bits per heavy atom. The molecule has 0 fully saturated rings. The number of halogens is 2. The Hall–Kier alpha value is -1.10. The monoisotopic (exact) mass is 338 g/mol. The summed E-state index contributed by atoms with van der Waals surface area (Å²) in [5.74, 6) is 0.207. The largest absolute Gasteiger partial charge is 0.612 e. The van der Waals surface area contributed by atoms with E-state index in [-0.39, 0.29) is 5.82 Å². The average Bonchev–Trinajstić information content (AvgIpc) is 2.41. The van der Waals surface area contributed by atoms with Crippen molar-refractivity contribution in [2.24, 2.45) is 0 Å². The first-order chi connectivity index (χ1) is 9.13. The van der Waals surface area contributed by atoms with Crippen molar-refractivity contribution in [2.75, 3.05) is 0 Å². The van der Waals surface area contributed by atoms with Crippen molar-refractivity contribution in [3.05, 3.63) is 75.4 Å². The fraction of sp³-hybridized carbons (Fsp3) is 0.0667. The summed E-state index contributed by atoms with van der Waals surface area (Å²) in [5, 5.41) is 1.63. The lowest BCUT2D eigenvalue weighted by Gasteiger charge is -2.05. The number of rotatable bonds is 4. The molecule has 0 saturated carbocycles. The van der Waals surface area contributed by atoms with Gasteiger partial charge in [-0.05, 0) is 47.1 Å². The molecule has 2 aromatic carbocycles. The Balaban J connectivity index is 1.95. The smallest absolute Gasteiger partial charge is 0.135 e. The Morgan fingerprint density at radius 1 is 1.05 bits per heavy atom. The molecule has 0 heterocycles. The van der Waals surface area contributed by atoms with Crippen LogP contribution in [0.15, 0.2) is 58.4 Å². The molecule has 0 radical (unpaired) electrons. The summed E-state index contributed by atoms with van der Waals surface area (Å²) in [7, 11) is 0. The maximum atomic E-state index is 12.7. The van der Waals surface area contributed by atoms with E-state index in [0.717, 1.165) is 15.6 Å². The first kappa shape index (κ1) is 14.3. The fourth-order valence-electron chi connectivity index (χ4n) is 1.52. The molecule has 0 aliphatic rings. The quantitative estimate of drug-likeness (QED) is 0.752. The lowest BCUT2D eigenvalue weighted by Crippen LogP contribution is -1.99. The Morgan fingerprint density at radius 3 is 2.32 bits per heavy atom. The van der Waals surface area contributed by atoms with E-state index in [4.69, 9.17) is 0 Å². The van der Waals surface area contributed by atoms with E-state index in [1.165, 1.54) is 12.1 Å². The molecular formula is C15H12BrFOS. The van der Waals surface area contributed by atoms with Crippen LogP contribution < -0.4 is 0 Å². The van der Waals surface area contributed by atoms with Crippen LogP contribution in [0.5, 0.6) is 0 Å². The standard InChI is InChI=1S/C15H12BrFOS/c16-14-5-1-13(2-6-14)11-19(18)10-9-12-3-7-15(17)8-4-12/h1-10H,11H2/b10-9+. The highest BCUT2D eigenvalue weighted by Crippen LogP contribution is 2.14. The summed E-state index contributed by atoms with van der Waals surface area (Å²) in [5.41, 5.74) is 1.86. The van der Waals surface area contributed by atoms with E-state index < -0.39 is 11.2 Å². The number of benzene rings is 2. The van der Waals surface area contributed by atoms with Crippen molar-refractivity contribution in [1.82, 2.24) is 0 Å². The van der Waals surface area contributed by atoms with Crippen molar-refractivity contribution >= 4 is 33.2 Å². The van der Waals surface area contributed by atoms with Crippen LogP contribution >= 0.6 is 15.9 Å². The fourth-order valence-corrected chi connectivity index (χ4v) is 2.71. The molecule has 19 heavy (non-hydrogen) atoms. The van der Waals surface area contributed by atoms with Crippen molar-refractivity contribution in [1.29, 1.82) is 0 Å². The lowest BCUT2D eigenvalue weighted by atomic mass is 10.2. The predicted octanol–water partition coefficient (Wildman–Crippen LogP) is 4.51. The Bertz CT molecular complexity index is 551. The summed E-state index contributed by atoms with van der Waals surface area (Å²) in [6.07, 6.45) is 1.74. The second kappa shape index (κ2) is 6.89. The molecule has 0 aliphatic heterocycles. The molecule has 2 aromatic rings. The molecule has 0 aromatic heterocycles. The van der Waals surface area contributed by atoms with Gasteiger partial charge in [0.05, 0.1) is 0 Å². The summed E-state index contributed by atoms with van der Waals surface area (Å²) < 4.78 is 25.6. The molecule has 0 amide bonds. The highest BCUT2D eigenvalue weighted by atomic mass is 79.9. The third-order valence-corrected chi connectivity index (χ3v) is 4.09. The third-order valence-electron chi connectivity index (χ3n) is 2.50. The average molecular weight is 339 g/mol. The molecule has 0 saturated heterocycles. The Kier molecular flexibility index (Phi) is 5.19. The van der Waals surface area contributed by atoms with Crippen LogP contribution in [0.4, 0.5) is 4.39 Å². The predicted molar refractivity (Wildman–Crippen MR) is 81.4 cm³/mol. The van der Waals surface area contributed by atoms with Gasteiger partial charge in [0, 0.05) is 10.0 Å². The van der Waals surface area contributed by atoms with E-state index >= 15 is 0 Å². The topological polar surface area (TPSA) is 23.1 Å². The van der Waals surface area contributed by atoms with Crippen LogP contribution in [0, 0.1) is 5.82 Å². The van der Waals surface area contributed by atoms with Gasteiger partial charge in [-0.1, -0.05) is 40.2 Å². The van der Waals surface area contributed by atoms with E-state index in [2.05, 4.69) is 15.9 Å². The molecule has 4 heteroatoms. The van der Waals surface area contributed by atoms with Crippen LogP contribution in [0.1, 0.15) is 11.1 Å². The van der Waals surface area contributed by atoms with Crippen LogP contribution in [0.25, 0.3) is 6.08 Å². The third kappa shape index (κ3) is 4.82. The van der Waals surface area contributed by atoms with Crippen molar-refractivity contribution in [3.8, 4) is 0 Å². The van der Waals surface area contributed by atoms with Gasteiger partial charge in [-0.25, -0.2) is 4.39 Å². The van der Waals surface area contributed by atoms with Gasteiger partial charge in [0.15, 0.2) is 0 Å². The van der Waals surface area contributed by atoms with Crippen molar-refractivity contribution in [2.45, 2.75) is 5.75 Å². The van der Waals surface area contributed by atoms with Gasteiger partial charge in [-0.3, -0.25) is 0 Å². The minimum Gasteiger partial charge on any atom is -0.612 e. The first-order valence-corrected chi connectivity index (χ1v) is 7.86. The summed E-state index contributed by atoms with van der Waals surface area (Å²) in [4.78, 5) is 0. The summed E-state index contributed by atoms with van der Waals surface area (Å²) in [6.45, 7) is 0. The molecule has 1 nitrogen and oxygen atoms in total. The maximum absolute atomic E-state index is 12.7. The van der Waals surface area contributed by atoms with Gasteiger partial charge in [-0.15, -0.1) is 0 Å². The highest BCUT2D eigenvalue weighted by Gasteiger charge is 2.03. The molecular weight excluding hydrogens is 327 g/mol. The molecule has 0 spiro atoms. The summed E-state index contributed by atoms with van der Waals surface area (Å²) >= 11 is 2.29. The van der Waals surface area contributed by atoms with Gasteiger partial charge in [0.25, 0.3) is 0 Å². The highest BCUT2D eigenvalue weighted by molar-refractivity contribution is 9.10. The molecule has 98 valence electrons. The van der Waals surface area contributed by atoms with Crippen molar-refractivity contribution in [3.63, 3.8) is 0 Å². The van der Waals surface area contributed by atoms with Crippen LogP contribution in [-0.2, 0) is 16.9 Å². The molecule has 0 N–H and O–H groups in total. The molecule has 2 rings (SSSR count). The molecule has 1 unspecified atom stereocenters. The summed E-state index contributed by atoms with van der Waals surface area (Å²) in [6, 6.07) is 13.8. The van der Waals surface area contributed by atoms with Gasteiger partial charge in [0.1, 0.15) is 17.0 Å².